The van der Waals surface area contributed by atoms with Crippen LogP contribution in [0, 0.1) is 12.8 Å². The Kier molecular flexibility index (Phi) is 6.42. The van der Waals surface area contributed by atoms with Crippen LogP contribution in [0.5, 0.6) is 0 Å². The first kappa shape index (κ1) is 20.1. The molecule has 1 saturated heterocycles. The lowest BCUT2D eigenvalue weighted by molar-refractivity contribution is 0.314. The second kappa shape index (κ2) is 8.61. The average Bonchev–Trinajstić information content (AvgIpc) is 3.35. The van der Waals surface area contributed by atoms with Gasteiger partial charge >= 0.3 is 0 Å². The van der Waals surface area contributed by atoms with E-state index in [2.05, 4.69) is 27.4 Å². The number of nitrogens with one attached hydrogen (secondary N) is 2. The Hall–Kier alpha value is -1.60. The molecule has 1 atom stereocenters. The maximum absolute atomic E-state index is 11.7. The SMILES string of the molecule is CCNC(=NCc1ccc(S(C)(=O)=O)c(C)c1)NCC1CCN(C2CC2)C1. The van der Waals surface area contributed by atoms with Gasteiger partial charge in [-0.2, -0.15) is 0 Å². The van der Waals surface area contributed by atoms with Crippen LogP contribution in [0.2, 0.25) is 0 Å². The fraction of sp³-hybridized carbons (Fsp3) is 0.650. The third-order valence-electron chi connectivity index (χ3n) is 5.34. The number of sulfone groups is 1. The van der Waals surface area contributed by atoms with E-state index in [0.717, 1.165) is 36.2 Å². The summed E-state index contributed by atoms with van der Waals surface area (Å²) in [6.45, 7) is 8.61. The number of rotatable bonds is 7. The van der Waals surface area contributed by atoms with E-state index in [0.29, 0.717) is 17.4 Å². The Morgan fingerprint density at radius 3 is 2.67 bits per heavy atom. The van der Waals surface area contributed by atoms with Crippen LogP contribution in [0.3, 0.4) is 0 Å². The van der Waals surface area contributed by atoms with Gasteiger partial charge in [0.15, 0.2) is 15.8 Å². The van der Waals surface area contributed by atoms with Gasteiger partial charge in [0.2, 0.25) is 0 Å². The van der Waals surface area contributed by atoms with Crippen molar-refractivity contribution in [3.63, 3.8) is 0 Å². The van der Waals surface area contributed by atoms with Crippen molar-refractivity contribution in [2.75, 3.05) is 32.4 Å². The molecule has 1 unspecified atom stereocenters. The maximum atomic E-state index is 11.7. The van der Waals surface area contributed by atoms with Gasteiger partial charge in [-0.15, -0.1) is 0 Å². The van der Waals surface area contributed by atoms with Crippen molar-refractivity contribution in [1.29, 1.82) is 0 Å². The van der Waals surface area contributed by atoms with Crippen molar-refractivity contribution in [1.82, 2.24) is 15.5 Å². The number of guanidine groups is 1. The number of benzene rings is 1. The third-order valence-corrected chi connectivity index (χ3v) is 6.60. The molecule has 1 aromatic carbocycles. The molecular weight excluding hydrogens is 360 g/mol. The van der Waals surface area contributed by atoms with Crippen molar-refractivity contribution in [2.24, 2.45) is 10.9 Å². The standard InChI is InChI=1S/C20H32N4O2S/c1-4-21-20(23-13-17-9-10-24(14-17)18-6-7-18)22-12-16-5-8-19(15(2)11-16)27(3,25)26/h5,8,11,17-18H,4,6-7,9-10,12-14H2,1-3H3,(H2,21,22,23). The number of likely N-dealkylation sites (tertiary alicyclic amines) is 1. The van der Waals surface area contributed by atoms with Crippen LogP contribution in [0.25, 0.3) is 0 Å². The van der Waals surface area contributed by atoms with Crippen LogP contribution in [-0.2, 0) is 16.4 Å². The molecule has 3 rings (SSSR count). The van der Waals surface area contributed by atoms with Crippen molar-refractivity contribution in [2.45, 2.75) is 50.6 Å². The zero-order valence-corrected chi connectivity index (χ0v) is 17.5. The topological polar surface area (TPSA) is 73.8 Å². The van der Waals surface area contributed by atoms with E-state index < -0.39 is 9.84 Å². The number of aryl methyl sites for hydroxylation is 1. The highest BCUT2D eigenvalue weighted by molar-refractivity contribution is 7.90. The number of hydrogen-bond acceptors (Lipinski definition) is 4. The van der Waals surface area contributed by atoms with Crippen molar-refractivity contribution in [3.8, 4) is 0 Å². The monoisotopic (exact) mass is 392 g/mol. The quantitative estimate of drug-likeness (QED) is 0.548. The predicted octanol–water partition coefficient (Wildman–Crippen LogP) is 1.94. The molecule has 7 heteroatoms. The third kappa shape index (κ3) is 5.69. The van der Waals surface area contributed by atoms with Crippen LogP contribution < -0.4 is 10.6 Å². The average molecular weight is 393 g/mol. The second-order valence-electron chi connectivity index (χ2n) is 7.83. The van der Waals surface area contributed by atoms with E-state index >= 15 is 0 Å². The molecule has 2 N–H and O–H groups in total. The summed E-state index contributed by atoms with van der Waals surface area (Å²) in [4.78, 5) is 7.69. The van der Waals surface area contributed by atoms with E-state index in [4.69, 9.17) is 0 Å². The molecule has 1 aliphatic heterocycles. The van der Waals surface area contributed by atoms with Crippen LogP contribution >= 0.6 is 0 Å². The number of nitrogens with zero attached hydrogens (tertiary/aromatic N) is 2. The van der Waals surface area contributed by atoms with Crippen LogP contribution in [0.15, 0.2) is 28.1 Å². The minimum atomic E-state index is -3.18. The van der Waals surface area contributed by atoms with Gasteiger partial charge in [0.25, 0.3) is 0 Å². The van der Waals surface area contributed by atoms with Crippen LogP contribution in [0.1, 0.15) is 37.3 Å². The number of hydrogen-bond donors (Lipinski definition) is 2. The fourth-order valence-corrected chi connectivity index (χ4v) is 4.74. The highest BCUT2D eigenvalue weighted by Crippen LogP contribution is 2.31. The molecule has 0 spiro atoms. The Morgan fingerprint density at radius 1 is 1.26 bits per heavy atom. The highest BCUT2D eigenvalue weighted by Gasteiger charge is 2.34. The zero-order chi connectivity index (χ0) is 19.4. The molecule has 0 amide bonds. The summed E-state index contributed by atoms with van der Waals surface area (Å²) in [5.74, 6) is 1.51. The van der Waals surface area contributed by atoms with Crippen LogP contribution in [0.4, 0.5) is 0 Å². The van der Waals surface area contributed by atoms with Crippen molar-refractivity contribution < 1.29 is 8.42 Å². The molecular formula is C20H32N4O2S. The second-order valence-corrected chi connectivity index (χ2v) is 9.81. The Balaban J connectivity index is 1.56. The molecule has 2 fully saturated rings. The van der Waals surface area contributed by atoms with Gasteiger partial charge in [0.05, 0.1) is 11.4 Å². The fourth-order valence-electron chi connectivity index (χ4n) is 3.78. The lowest BCUT2D eigenvalue weighted by Crippen LogP contribution is -2.40. The first-order valence-electron chi connectivity index (χ1n) is 9.92. The molecule has 6 nitrogen and oxygen atoms in total. The Labute approximate surface area is 163 Å². The van der Waals surface area contributed by atoms with E-state index in [1.807, 2.05) is 19.1 Å². The van der Waals surface area contributed by atoms with E-state index in [1.54, 1.807) is 6.07 Å². The predicted molar refractivity (Wildman–Crippen MR) is 110 cm³/mol. The molecule has 2 aliphatic rings. The molecule has 0 aromatic heterocycles. The Bertz CT molecular complexity index is 787. The van der Waals surface area contributed by atoms with Gasteiger partial charge < -0.3 is 15.5 Å². The minimum Gasteiger partial charge on any atom is -0.357 e. The smallest absolute Gasteiger partial charge is 0.191 e. The summed E-state index contributed by atoms with van der Waals surface area (Å²) in [7, 11) is -3.18. The normalized spacial score (nSPS) is 21.4. The molecule has 1 saturated carbocycles. The molecule has 1 heterocycles. The lowest BCUT2D eigenvalue weighted by Gasteiger charge is -2.17. The minimum absolute atomic E-state index is 0.390. The summed E-state index contributed by atoms with van der Waals surface area (Å²) in [5.41, 5.74) is 1.78. The molecule has 27 heavy (non-hydrogen) atoms. The summed E-state index contributed by atoms with van der Waals surface area (Å²) in [6, 6.07) is 6.30. The van der Waals surface area contributed by atoms with E-state index in [-0.39, 0.29) is 0 Å². The van der Waals surface area contributed by atoms with Gasteiger partial charge in [-0.05, 0) is 62.8 Å². The van der Waals surface area contributed by atoms with E-state index in [1.165, 1.54) is 38.6 Å². The first-order chi connectivity index (χ1) is 12.9. The first-order valence-corrected chi connectivity index (χ1v) is 11.8. The van der Waals surface area contributed by atoms with Crippen molar-refractivity contribution in [3.05, 3.63) is 29.3 Å². The lowest BCUT2D eigenvalue weighted by atomic mass is 10.1. The highest BCUT2D eigenvalue weighted by atomic mass is 32.2. The van der Waals surface area contributed by atoms with Crippen molar-refractivity contribution >= 4 is 15.8 Å². The Morgan fingerprint density at radius 2 is 2.04 bits per heavy atom. The molecule has 0 radical (unpaired) electrons. The molecule has 1 aromatic rings. The van der Waals surface area contributed by atoms with E-state index in [9.17, 15) is 8.42 Å². The van der Waals surface area contributed by atoms with Gasteiger partial charge in [-0.3, -0.25) is 0 Å². The van der Waals surface area contributed by atoms with Gasteiger partial charge in [-0.1, -0.05) is 12.1 Å². The van der Waals surface area contributed by atoms with Gasteiger partial charge in [0, 0.05) is 31.9 Å². The number of aliphatic imine (C=N–C) groups is 1. The summed E-state index contributed by atoms with van der Waals surface area (Å²) < 4.78 is 23.5. The molecule has 0 bridgehead atoms. The van der Waals surface area contributed by atoms with Gasteiger partial charge in [0.1, 0.15) is 0 Å². The summed E-state index contributed by atoms with van der Waals surface area (Å²) >= 11 is 0. The largest absolute Gasteiger partial charge is 0.357 e. The van der Waals surface area contributed by atoms with Gasteiger partial charge in [-0.25, -0.2) is 13.4 Å². The molecule has 1 aliphatic carbocycles. The maximum Gasteiger partial charge on any atom is 0.191 e. The summed E-state index contributed by atoms with van der Waals surface area (Å²) in [6.07, 6.45) is 5.26. The zero-order valence-electron chi connectivity index (χ0n) is 16.7. The van der Waals surface area contributed by atoms with Crippen LogP contribution in [-0.4, -0.2) is 57.8 Å². The molecule has 150 valence electrons. The summed E-state index contributed by atoms with van der Waals surface area (Å²) in [5, 5.41) is 6.78.